The summed E-state index contributed by atoms with van der Waals surface area (Å²) in [5.74, 6) is 0.871. The number of carbonyl (C=O) groups is 1. The lowest BCUT2D eigenvalue weighted by molar-refractivity contribution is -0.117. The zero-order valence-corrected chi connectivity index (χ0v) is 20.2. The van der Waals surface area contributed by atoms with Gasteiger partial charge in [0, 0.05) is 22.2 Å². The monoisotopic (exact) mass is 467 g/mol. The van der Waals surface area contributed by atoms with Gasteiger partial charge in [-0.3, -0.25) is 4.79 Å². The molecule has 2 heterocycles. The molecule has 2 aromatic heterocycles. The average Bonchev–Trinajstić information content (AvgIpc) is 3.34. The lowest BCUT2D eigenvalue weighted by Gasteiger charge is -2.17. The average molecular weight is 468 g/mol. The fraction of sp³-hybridized carbons (Fsp3) is 0.280. The Bertz CT molecular complexity index is 1280. The number of methoxy groups -OCH3 is 1. The van der Waals surface area contributed by atoms with E-state index in [4.69, 9.17) is 21.3 Å². The van der Waals surface area contributed by atoms with Crippen molar-refractivity contribution in [1.82, 2.24) is 9.55 Å². The van der Waals surface area contributed by atoms with Crippen molar-refractivity contribution in [2.45, 2.75) is 39.8 Å². The van der Waals surface area contributed by atoms with Crippen LogP contribution >= 0.6 is 22.9 Å². The number of hydrogen-bond acceptors (Lipinski definition) is 5. The summed E-state index contributed by atoms with van der Waals surface area (Å²) in [6.07, 6.45) is 2.89. The number of hydrogen-bond donors (Lipinski definition) is 1. The van der Waals surface area contributed by atoms with Crippen LogP contribution in [0, 0.1) is 6.92 Å². The van der Waals surface area contributed by atoms with E-state index in [1.54, 1.807) is 25.4 Å². The van der Waals surface area contributed by atoms with E-state index in [0.29, 0.717) is 11.6 Å². The maximum atomic E-state index is 11.5. The second kappa shape index (κ2) is 9.35. The molecule has 0 aliphatic rings. The molecule has 1 N–H and O–H groups in total. The molecule has 32 heavy (non-hydrogen) atoms. The predicted molar refractivity (Wildman–Crippen MR) is 133 cm³/mol. The number of aryl methyl sites for hydroxylation is 1. The van der Waals surface area contributed by atoms with Crippen molar-refractivity contribution < 1.29 is 9.53 Å². The highest BCUT2D eigenvalue weighted by Crippen LogP contribution is 2.37. The topological polar surface area (TPSA) is 56.2 Å². The second-order valence-electron chi connectivity index (χ2n) is 7.84. The van der Waals surface area contributed by atoms with Crippen molar-refractivity contribution in [3.8, 4) is 17.0 Å². The SMILES string of the molecule is CCC(Nc1nc(-c2ccc(OC)cc2Cl)c(C)s1)c1ccc2c(ccn2CC(C)=O)c1. The van der Waals surface area contributed by atoms with Gasteiger partial charge in [0.1, 0.15) is 11.5 Å². The summed E-state index contributed by atoms with van der Waals surface area (Å²) < 4.78 is 7.25. The Hall–Kier alpha value is -2.83. The molecule has 0 aliphatic carbocycles. The fourth-order valence-electron chi connectivity index (χ4n) is 3.91. The van der Waals surface area contributed by atoms with Crippen LogP contribution < -0.4 is 10.1 Å². The summed E-state index contributed by atoms with van der Waals surface area (Å²) in [6, 6.07) is 14.3. The molecule has 2 aromatic carbocycles. The summed E-state index contributed by atoms with van der Waals surface area (Å²) in [7, 11) is 1.63. The molecular weight excluding hydrogens is 442 g/mol. The van der Waals surface area contributed by atoms with E-state index >= 15 is 0 Å². The molecule has 0 bridgehead atoms. The summed E-state index contributed by atoms with van der Waals surface area (Å²) >= 11 is 8.11. The number of nitrogens with zero attached hydrogens (tertiary/aromatic N) is 2. The van der Waals surface area contributed by atoms with Gasteiger partial charge in [-0.1, -0.05) is 24.6 Å². The Morgan fingerprint density at radius 1 is 1.25 bits per heavy atom. The number of fused-ring (bicyclic) bond motifs is 1. The number of anilines is 1. The van der Waals surface area contributed by atoms with E-state index < -0.39 is 0 Å². The Labute approximate surface area is 197 Å². The molecule has 0 radical (unpaired) electrons. The third-order valence-electron chi connectivity index (χ3n) is 5.52. The molecule has 1 unspecified atom stereocenters. The molecule has 0 amide bonds. The minimum Gasteiger partial charge on any atom is -0.497 e. The van der Waals surface area contributed by atoms with E-state index in [-0.39, 0.29) is 11.8 Å². The summed E-state index contributed by atoms with van der Waals surface area (Å²) in [5, 5.41) is 6.22. The van der Waals surface area contributed by atoms with Gasteiger partial charge in [0.2, 0.25) is 0 Å². The van der Waals surface area contributed by atoms with E-state index in [9.17, 15) is 4.79 Å². The van der Waals surface area contributed by atoms with E-state index in [1.165, 1.54) is 5.56 Å². The first-order valence-electron chi connectivity index (χ1n) is 10.6. The van der Waals surface area contributed by atoms with E-state index in [0.717, 1.165) is 44.3 Å². The van der Waals surface area contributed by atoms with Gasteiger partial charge in [0.15, 0.2) is 5.13 Å². The standard InChI is InChI=1S/C25H26ClN3O2S/c1-5-22(17-6-9-23-18(12-17)10-11-29(23)14-15(2)30)27-25-28-24(16(3)32-25)20-8-7-19(31-4)13-21(20)26/h6-13,22H,5,14H2,1-4H3,(H,27,28). The molecule has 1 atom stereocenters. The van der Waals surface area contributed by atoms with Crippen LogP contribution in [0.15, 0.2) is 48.7 Å². The summed E-state index contributed by atoms with van der Waals surface area (Å²) in [4.78, 5) is 17.5. The Kier molecular flexibility index (Phi) is 6.53. The number of nitrogens with one attached hydrogen (secondary N) is 1. The molecule has 5 nitrogen and oxygen atoms in total. The molecule has 0 fully saturated rings. The number of halogens is 1. The highest BCUT2D eigenvalue weighted by atomic mass is 35.5. The van der Waals surface area contributed by atoms with Crippen molar-refractivity contribution >= 4 is 44.8 Å². The second-order valence-corrected chi connectivity index (χ2v) is 9.45. The quantitative estimate of drug-likeness (QED) is 0.306. The Morgan fingerprint density at radius 3 is 2.75 bits per heavy atom. The largest absolute Gasteiger partial charge is 0.497 e. The number of Topliss-reactive ketones (excluding diaryl/α,β-unsaturated/α-hetero) is 1. The van der Waals surface area contributed by atoms with Crippen molar-refractivity contribution in [3.63, 3.8) is 0 Å². The van der Waals surface area contributed by atoms with Crippen LogP contribution in [-0.4, -0.2) is 22.4 Å². The van der Waals surface area contributed by atoms with Crippen LogP contribution in [0.2, 0.25) is 5.02 Å². The lowest BCUT2D eigenvalue weighted by Crippen LogP contribution is -2.09. The van der Waals surface area contributed by atoms with Crippen LogP contribution in [0.4, 0.5) is 5.13 Å². The number of benzene rings is 2. The normalized spacial score (nSPS) is 12.2. The van der Waals surface area contributed by atoms with Gasteiger partial charge in [-0.25, -0.2) is 4.98 Å². The van der Waals surface area contributed by atoms with Gasteiger partial charge in [0.25, 0.3) is 0 Å². The number of aromatic nitrogens is 2. The lowest BCUT2D eigenvalue weighted by atomic mass is 10.0. The Morgan fingerprint density at radius 2 is 2.06 bits per heavy atom. The van der Waals surface area contributed by atoms with Crippen LogP contribution in [0.1, 0.15) is 36.8 Å². The number of ether oxygens (including phenoxy) is 1. The van der Waals surface area contributed by atoms with Crippen LogP contribution in [-0.2, 0) is 11.3 Å². The van der Waals surface area contributed by atoms with Gasteiger partial charge >= 0.3 is 0 Å². The van der Waals surface area contributed by atoms with Crippen LogP contribution in [0.5, 0.6) is 5.75 Å². The third kappa shape index (κ3) is 4.52. The number of carbonyl (C=O) groups excluding carboxylic acids is 1. The van der Waals surface area contributed by atoms with Crippen molar-refractivity contribution in [2.24, 2.45) is 0 Å². The molecule has 0 spiro atoms. The smallest absolute Gasteiger partial charge is 0.183 e. The maximum absolute atomic E-state index is 11.5. The molecule has 7 heteroatoms. The fourth-order valence-corrected chi connectivity index (χ4v) is 5.05. The number of ketones is 1. The minimum atomic E-state index is 0.125. The Balaban J connectivity index is 1.59. The molecule has 166 valence electrons. The molecule has 4 rings (SSSR count). The van der Waals surface area contributed by atoms with Crippen LogP contribution in [0.3, 0.4) is 0 Å². The zero-order valence-electron chi connectivity index (χ0n) is 18.6. The minimum absolute atomic E-state index is 0.125. The first kappa shape index (κ1) is 22.4. The van der Waals surface area contributed by atoms with Gasteiger partial charge in [0.05, 0.1) is 30.4 Å². The highest BCUT2D eigenvalue weighted by molar-refractivity contribution is 7.16. The first-order valence-corrected chi connectivity index (χ1v) is 11.7. The summed E-state index contributed by atoms with van der Waals surface area (Å²) in [5.41, 5.74) is 4.05. The highest BCUT2D eigenvalue weighted by Gasteiger charge is 2.17. The molecular formula is C25H26ClN3O2S. The predicted octanol–water partition coefficient (Wildman–Crippen LogP) is 6.89. The van der Waals surface area contributed by atoms with Crippen LogP contribution in [0.25, 0.3) is 22.2 Å². The van der Waals surface area contributed by atoms with Crippen molar-refractivity contribution in [1.29, 1.82) is 0 Å². The van der Waals surface area contributed by atoms with Gasteiger partial charge < -0.3 is 14.6 Å². The number of thiazole rings is 1. The van der Waals surface area contributed by atoms with Gasteiger partial charge in [-0.2, -0.15) is 0 Å². The molecule has 0 aliphatic heterocycles. The summed E-state index contributed by atoms with van der Waals surface area (Å²) in [6.45, 7) is 6.22. The van der Waals surface area contributed by atoms with E-state index in [2.05, 4.69) is 43.4 Å². The van der Waals surface area contributed by atoms with Gasteiger partial charge in [-0.15, -0.1) is 11.3 Å². The molecule has 0 saturated heterocycles. The third-order valence-corrected chi connectivity index (χ3v) is 6.74. The maximum Gasteiger partial charge on any atom is 0.183 e. The van der Waals surface area contributed by atoms with E-state index in [1.807, 2.05) is 29.0 Å². The van der Waals surface area contributed by atoms with Crippen molar-refractivity contribution in [2.75, 3.05) is 12.4 Å². The van der Waals surface area contributed by atoms with Gasteiger partial charge in [-0.05, 0) is 67.6 Å². The molecule has 4 aromatic rings. The van der Waals surface area contributed by atoms with Crippen molar-refractivity contribution in [3.05, 3.63) is 64.1 Å². The molecule has 0 saturated carbocycles. The zero-order chi connectivity index (χ0) is 22.8. The first-order chi connectivity index (χ1) is 15.4. The number of rotatable bonds is 8.